The molecule has 0 spiro atoms. The van der Waals surface area contributed by atoms with Gasteiger partial charge in [-0.1, -0.05) is 45.0 Å². The molecule has 0 heterocycles. The van der Waals surface area contributed by atoms with E-state index in [4.69, 9.17) is 10.5 Å². The van der Waals surface area contributed by atoms with Crippen LogP contribution in [0.15, 0.2) is 24.3 Å². The number of ether oxygens (including phenoxy) is 1. The van der Waals surface area contributed by atoms with Gasteiger partial charge in [0.05, 0.1) is 6.61 Å². The fourth-order valence-corrected chi connectivity index (χ4v) is 1.39. The van der Waals surface area contributed by atoms with E-state index in [9.17, 15) is 4.79 Å². The van der Waals surface area contributed by atoms with Crippen LogP contribution in [-0.2, 0) is 22.6 Å². The van der Waals surface area contributed by atoms with Crippen LogP contribution in [0.25, 0.3) is 0 Å². The summed E-state index contributed by atoms with van der Waals surface area (Å²) >= 11 is 0. The van der Waals surface area contributed by atoms with E-state index in [1.165, 1.54) is 0 Å². The first kappa shape index (κ1) is 15.7. The molecule has 0 saturated heterocycles. The van der Waals surface area contributed by atoms with Gasteiger partial charge >= 0.3 is 0 Å². The van der Waals surface area contributed by atoms with Crippen LogP contribution in [0.3, 0.4) is 0 Å². The summed E-state index contributed by atoms with van der Waals surface area (Å²) in [5.74, 6) is -0.366. The molecule has 1 aromatic rings. The zero-order valence-corrected chi connectivity index (χ0v) is 11.2. The van der Waals surface area contributed by atoms with Crippen molar-refractivity contribution in [3.8, 4) is 0 Å². The molecule has 2 N–H and O–H groups in total. The fraction of sp³-hybridized carbons (Fsp3) is 0.500. The average molecular weight is 237 g/mol. The molecule has 0 fully saturated rings. The topological polar surface area (TPSA) is 52.3 Å². The molecule has 1 rings (SSSR count). The molecule has 0 aliphatic carbocycles. The second kappa shape index (κ2) is 8.76. The number of hydrogen-bond acceptors (Lipinski definition) is 2. The third-order valence-corrected chi connectivity index (χ3v) is 2.36. The Kier molecular flexibility index (Phi) is 8.07. The van der Waals surface area contributed by atoms with Gasteiger partial charge in [-0.3, -0.25) is 4.79 Å². The maximum Gasteiger partial charge on any atom is 0.220 e. The Balaban J connectivity index is 0.00000121. The molecule has 0 bridgehead atoms. The van der Waals surface area contributed by atoms with Crippen molar-refractivity contribution >= 4 is 5.91 Å². The van der Waals surface area contributed by atoms with Crippen LogP contribution >= 0.6 is 0 Å². The molecule has 3 heteroatoms. The van der Waals surface area contributed by atoms with Crippen LogP contribution in [0.5, 0.6) is 0 Å². The maximum absolute atomic E-state index is 10.9. The van der Waals surface area contributed by atoms with E-state index in [1.54, 1.807) is 7.11 Å². The fourth-order valence-electron chi connectivity index (χ4n) is 1.39. The minimum Gasteiger partial charge on any atom is -0.380 e. The third kappa shape index (κ3) is 6.07. The van der Waals surface area contributed by atoms with Gasteiger partial charge in [0.25, 0.3) is 0 Å². The van der Waals surface area contributed by atoms with Gasteiger partial charge in [0, 0.05) is 13.0 Å². The van der Waals surface area contributed by atoms with Crippen molar-refractivity contribution in [1.29, 1.82) is 0 Å². The van der Waals surface area contributed by atoms with Crippen LogP contribution in [0.2, 0.25) is 0 Å². The largest absolute Gasteiger partial charge is 0.380 e. The molecule has 0 aliphatic heterocycles. The molecule has 17 heavy (non-hydrogen) atoms. The van der Waals surface area contributed by atoms with E-state index in [0.29, 0.717) is 13.0 Å². The monoisotopic (exact) mass is 237 g/mol. The van der Waals surface area contributed by atoms with E-state index in [1.807, 2.05) is 45.0 Å². The Hall–Kier alpha value is -1.35. The molecule has 0 aliphatic rings. The summed E-state index contributed by atoms with van der Waals surface area (Å²) in [4.78, 5) is 10.9. The maximum atomic E-state index is 10.9. The minimum atomic E-state index is -0.254. The smallest absolute Gasteiger partial charge is 0.220 e. The van der Waals surface area contributed by atoms with Crippen LogP contribution in [-0.4, -0.2) is 13.0 Å². The summed E-state index contributed by atoms with van der Waals surface area (Å²) in [5, 5.41) is 0. The van der Waals surface area contributed by atoms with Gasteiger partial charge in [-0.15, -0.1) is 0 Å². The molecule has 0 saturated carbocycles. The highest BCUT2D eigenvalue weighted by Gasteiger charge is 2.08. The van der Waals surface area contributed by atoms with E-state index >= 15 is 0 Å². The number of hydrogen-bond donors (Lipinski definition) is 1. The van der Waals surface area contributed by atoms with Crippen LogP contribution in [0, 0.1) is 5.92 Å². The standard InChI is InChI=1S/C12H17NO2.C2H6/c1-9(12(13)14)7-10-3-5-11(6-4-10)8-15-2;1-2/h3-6,9H,7-8H2,1-2H3,(H2,13,14);1-2H3. The van der Waals surface area contributed by atoms with E-state index in [2.05, 4.69) is 0 Å². The Labute approximate surface area is 104 Å². The number of nitrogens with two attached hydrogens (primary N) is 1. The summed E-state index contributed by atoms with van der Waals surface area (Å²) in [6.07, 6.45) is 0.697. The van der Waals surface area contributed by atoms with Crippen LogP contribution in [0.4, 0.5) is 0 Å². The van der Waals surface area contributed by atoms with Crippen LogP contribution in [0.1, 0.15) is 31.9 Å². The first-order valence-electron chi connectivity index (χ1n) is 5.99. The lowest BCUT2D eigenvalue weighted by Gasteiger charge is -2.07. The van der Waals surface area contributed by atoms with Crippen molar-refractivity contribution in [2.24, 2.45) is 11.7 Å². The van der Waals surface area contributed by atoms with Crippen molar-refractivity contribution in [1.82, 2.24) is 0 Å². The Morgan fingerprint density at radius 3 is 2.12 bits per heavy atom. The highest BCUT2D eigenvalue weighted by Crippen LogP contribution is 2.10. The Morgan fingerprint density at radius 2 is 1.71 bits per heavy atom. The minimum absolute atomic E-state index is 0.113. The zero-order chi connectivity index (χ0) is 13.3. The molecular formula is C14H23NO2. The van der Waals surface area contributed by atoms with Gasteiger partial charge in [-0.05, 0) is 17.5 Å². The predicted octanol–water partition coefficient (Wildman–Crippen LogP) is 2.52. The number of methoxy groups -OCH3 is 1. The summed E-state index contributed by atoms with van der Waals surface area (Å²) in [6, 6.07) is 8.03. The highest BCUT2D eigenvalue weighted by atomic mass is 16.5. The van der Waals surface area contributed by atoms with Crippen LogP contribution < -0.4 is 5.73 Å². The second-order valence-electron chi connectivity index (χ2n) is 3.76. The molecule has 96 valence electrons. The number of carbonyl (C=O) groups excluding carboxylic acids is 1. The van der Waals surface area contributed by atoms with Gasteiger partial charge in [-0.25, -0.2) is 0 Å². The van der Waals surface area contributed by atoms with Gasteiger partial charge in [0.15, 0.2) is 0 Å². The lowest BCUT2D eigenvalue weighted by Crippen LogP contribution is -2.22. The van der Waals surface area contributed by atoms with E-state index < -0.39 is 0 Å². The lowest BCUT2D eigenvalue weighted by molar-refractivity contribution is -0.121. The molecule has 3 nitrogen and oxygen atoms in total. The van der Waals surface area contributed by atoms with Gasteiger partial charge in [0.2, 0.25) is 5.91 Å². The zero-order valence-electron chi connectivity index (χ0n) is 11.2. The molecule has 1 amide bonds. The normalized spacial score (nSPS) is 11.3. The molecule has 1 atom stereocenters. The average Bonchev–Trinajstić information content (AvgIpc) is 2.34. The highest BCUT2D eigenvalue weighted by molar-refractivity contribution is 5.76. The van der Waals surface area contributed by atoms with Gasteiger partial charge in [-0.2, -0.15) is 0 Å². The second-order valence-corrected chi connectivity index (χ2v) is 3.76. The Bertz CT molecular complexity index is 319. The molecule has 1 aromatic carbocycles. The molecule has 0 aromatic heterocycles. The number of rotatable bonds is 5. The summed E-state index contributed by atoms with van der Waals surface area (Å²) < 4.78 is 5.01. The summed E-state index contributed by atoms with van der Waals surface area (Å²) in [6.45, 7) is 6.46. The quantitative estimate of drug-likeness (QED) is 0.855. The van der Waals surface area contributed by atoms with Crippen molar-refractivity contribution in [2.45, 2.75) is 33.8 Å². The third-order valence-electron chi connectivity index (χ3n) is 2.36. The number of benzene rings is 1. The Morgan fingerprint density at radius 1 is 1.24 bits per heavy atom. The SMILES string of the molecule is CC.COCc1ccc(CC(C)C(N)=O)cc1. The lowest BCUT2D eigenvalue weighted by atomic mass is 10.00. The first-order chi connectivity index (χ1) is 8.13. The molecule has 0 radical (unpaired) electrons. The summed E-state index contributed by atoms with van der Waals surface area (Å²) in [7, 11) is 1.67. The van der Waals surface area contributed by atoms with E-state index in [0.717, 1.165) is 11.1 Å². The molecular weight excluding hydrogens is 214 g/mol. The van der Waals surface area contributed by atoms with E-state index in [-0.39, 0.29) is 11.8 Å². The van der Waals surface area contributed by atoms with Gasteiger partial charge in [0.1, 0.15) is 0 Å². The van der Waals surface area contributed by atoms with Crippen molar-refractivity contribution in [3.63, 3.8) is 0 Å². The first-order valence-corrected chi connectivity index (χ1v) is 5.99. The van der Waals surface area contributed by atoms with Crippen molar-refractivity contribution < 1.29 is 9.53 Å². The summed E-state index contributed by atoms with van der Waals surface area (Å²) in [5.41, 5.74) is 7.46. The predicted molar refractivity (Wildman–Crippen MR) is 70.6 cm³/mol. The number of carbonyl (C=O) groups is 1. The van der Waals surface area contributed by atoms with Gasteiger partial charge < -0.3 is 10.5 Å². The molecule has 1 unspecified atom stereocenters. The van der Waals surface area contributed by atoms with Crippen molar-refractivity contribution in [2.75, 3.05) is 7.11 Å². The number of primary amides is 1. The number of amides is 1. The van der Waals surface area contributed by atoms with Crippen molar-refractivity contribution in [3.05, 3.63) is 35.4 Å².